The number of aromatic nitrogens is 1. The van der Waals surface area contributed by atoms with E-state index in [1.165, 1.54) is 29.5 Å². The summed E-state index contributed by atoms with van der Waals surface area (Å²) < 4.78 is 19.6. The van der Waals surface area contributed by atoms with Gasteiger partial charge in [0.15, 0.2) is 5.13 Å². The van der Waals surface area contributed by atoms with Crippen LogP contribution in [0.1, 0.15) is 18.4 Å². The van der Waals surface area contributed by atoms with E-state index >= 15 is 0 Å². The van der Waals surface area contributed by atoms with Gasteiger partial charge < -0.3 is 10.1 Å². The van der Waals surface area contributed by atoms with Crippen LogP contribution in [0.4, 0.5) is 15.2 Å². The Morgan fingerprint density at radius 2 is 1.96 bits per heavy atom. The summed E-state index contributed by atoms with van der Waals surface area (Å²) in [5.41, 5.74) is 1.72. The molecule has 0 unspecified atom stereocenters. The molecule has 0 amide bonds. The Hall–Kier alpha value is -2.58. The molecule has 0 radical (unpaired) electrons. The number of nitro benzene ring substituents is 1. The Bertz CT molecular complexity index is 968. The fourth-order valence-corrected chi connectivity index (χ4v) is 4.37. The van der Waals surface area contributed by atoms with Gasteiger partial charge in [-0.3, -0.25) is 10.1 Å². The zero-order valence-corrected chi connectivity index (χ0v) is 15.3. The average molecular weight is 387 g/mol. The number of rotatable bonds is 5. The lowest BCUT2D eigenvalue weighted by Gasteiger charge is -2.38. The van der Waals surface area contributed by atoms with Gasteiger partial charge >= 0.3 is 0 Å². The van der Waals surface area contributed by atoms with Gasteiger partial charge in [-0.1, -0.05) is 23.5 Å². The first-order valence-corrected chi connectivity index (χ1v) is 9.50. The van der Waals surface area contributed by atoms with E-state index in [-0.39, 0.29) is 16.9 Å². The molecule has 1 fully saturated rings. The number of hydrogen-bond donors (Lipinski definition) is 1. The lowest BCUT2D eigenvalue weighted by Crippen LogP contribution is -2.40. The van der Waals surface area contributed by atoms with Crippen LogP contribution >= 0.6 is 11.3 Å². The first kappa shape index (κ1) is 17.8. The molecule has 1 aliphatic heterocycles. The van der Waals surface area contributed by atoms with Gasteiger partial charge in [0.1, 0.15) is 5.82 Å². The average Bonchev–Trinajstić information content (AvgIpc) is 3.10. The van der Waals surface area contributed by atoms with Crippen molar-refractivity contribution in [1.82, 2.24) is 4.98 Å². The molecule has 1 N–H and O–H groups in total. The topological polar surface area (TPSA) is 77.3 Å². The first-order chi connectivity index (χ1) is 13.1. The zero-order valence-electron chi connectivity index (χ0n) is 14.5. The molecule has 3 aromatic rings. The van der Waals surface area contributed by atoms with Crippen LogP contribution in [0.25, 0.3) is 10.2 Å². The number of halogens is 1. The second-order valence-corrected chi connectivity index (χ2v) is 7.71. The monoisotopic (exact) mass is 387 g/mol. The van der Waals surface area contributed by atoms with Crippen molar-refractivity contribution in [2.45, 2.75) is 18.3 Å². The normalized spacial score (nSPS) is 16.3. The van der Waals surface area contributed by atoms with Crippen molar-refractivity contribution in [3.8, 4) is 0 Å². The van der Waals surface area contributed by atoms with E-state index in [0.717, 1.165) is 33.8 Å². The molecule has 8 heteroatoms. The van der Waals surface area contributed by atoms with Crippen molar-refractivity contribution < 1.29 is 14.1 Å². The number of non-ortho nitro benzene ring substituents is 1. The molecular weight excluding hydrogens is 369 g/mol. The fourth-order valence-electron chi connectivity index (χ4n) is 3.48. The van der Waals surface area contributed by atoms with Gasteiger partial charge in [-0.2, -0.15) is 0 Å². The second-order valence-electron chi connectivity index (χ2n) is 6.68. The summed E-state index contributed by atoms with van der Waals surface area (Å²) in [6, 6.07) is 11.3. The summed E-state index contributed by atoms with van der Waals surface area (Å²) in [4.78, 5) is 15.1. The van der Waals surface area contributed by atoms with Crippen molar-refractivity contribution in [2.75, 3.05) is 25.1 Å². The summed E-state index contributed by atoms with van der Waals surface area (Å²) in [6.45, 7) is 1.96. The second kappa shape index (κ2) is 7.21. The van der Waals surface area contributed by atoms with E-state index < -0.39 is 4.92 Å². The van der Waals surface area contributed by atoms with E-state index in [4.69, 9.17) is 4.74 Å². The van der Waals surface area contributed by atoms with Crippen molar-refractivity contribution in [3.05, 3.63) is 64.0 Å². The number of thiazole rings is 1. The van der Waals surface area contributed by atoms with Gasteiger partial charge in [0, 0.05) is 37.3 Å². The third-order valence-corrected chi connectivity index (χ3v) is 6.04. The Kier molecular flexibility index (Phi) is 4.75. The maximum atomic E-state index is 13.3. The minimum Gasteiger partial charge on any atom is -0.381 e. The Labute approximate surface area is 159 Å². The van der Waals surface area contributed by atoms with E-state index in [0.29, 0.717) is 19.8 Å². The maximum absolute atomic E-state index is 13.3. The van der Waals surface area contributed by atoms with E-state index in [9.17, 15) is 14.5 Å². The standard InChI is InChI=1S/C19H18FN3O3S/c20-14-3-1-13(2-4-14)19(7-9-26-10-8-19)12-21-18-22-16-6-5-15(23(24)25)11-17(16)27-18/h1-6,11H,7-10,12H2,(H,21,22). The van der Waals surface area contributed by atoms with Crippen molar-refractivity contribution in [1.29, 1.82) is 0 Å². The molecule has 1 aliphatic rings. The molecular formula is C19H18FN3O3S. The van der Waals surface area contributed by atoms with Crippen LogP contribution in [-0.2, 0) is 10.2 Å². The summed E-state index contributed by atoms with van der Waals surface area (Å²) in [6.07, 6.45) is 1.67. The number of ether oxygens (including phenoxy) is 1. The SMILES string of the molecule is O=[N+]([O-])c1ccc2nc(NCC3(c4ccc(F)cc4)CCOCC3)sc2c1. The molecule has 1 aromatic heterocycles. The number of hydrogen-bond acceptors (Lipinski definition) is 6. The van der Waals surface area contributed by atoms with Crippen LogP contribution in [0.15, 0.2) is 42.5 Å². The summed E-state index contributed by atoms with van der Waals surface area (Å²) in [5, 5.41) is 15.1. The minimum atomic E-state index is -0.405. The predicted octanol–water partition coefficient (Wildman–Crippen LogP) is 4.50. The molecule has 0 saturated carbocycles. The minimum absolute atomic E-state index is 0.0601. The van der Waals surface area contributed by atoms with Crippen LogP contribution in [0.3, 0.4) is 0 Å². The molecule has 0 aliphatic carbocycles. The molecule has 2 heterocycles. The first-order valence-electron chi connectivity index (χ1n) is 8.68. The largest absolute Gasteiger partial charge is 0.381 e. The van der Waals surface area contributed by atoms with Crippen LogP contribution in [0.2, 0.25) is 0 Å². The number of nitro groups is 1. The van der Waals surface area contributed by atoms with Crippen LogP contribution in [0.5, 0.6) is 0 Å². The van der Waals surface area contributed by atoms with Gasteiger partial charge in [0.2, 0.25) is 0 Å². The smallest absolute Gasteiger partial charge is 0.270 e. The highest BCUT2D eigenvalue weighted by atomic mass is 32.1. The number of benzene rings is 2. The van der Waals surface area contributed by atoms with Crippen LogP contribution in [-0.4, -0.2) is 29.7 Å². The van der Waals surface area contributed by atoms with Gasteiger partial charge in [-0.25, -0.2) is 9.37 Å². The summed E-state index contributed by atoms with van der Waals surface area (Å²) in [5.74, 6) is -0.248. The quantitative estimate of drug-likeness (QED) is 0.515. The molecule has 6 nitrogen and oxygen atoms in total. The van der Waals surface area contributed by atoms with Crippen molar-refractivity contribution >= 4 is 32.4 Å². The number of nitrogens with one attached hydrogen (secondary N) is 1. The van der Waals surface area contributed by atoms with Gasteiger partial charge in [0.25, 0.3) is 5.69 Å². The van der Waals surface area contributed by atoms with Crippen molar-refractivity contribution in [3.63, 3.8) is 0 Å². The molecule has 0 atom stereocenters. The van der Waals surface area contributed by atoms with Crippen LogP contribution in [0, 0.1) is 15.9 Å². The highest BCUT2D eigenvalue weighted by Crippen LogP contribution is 2.36. The molecule has 1 saturated heterocycles. The lowest BCUT2D eigenvalue weighted by atomic mass is 9.74. The predicted molar refractivity (Wildman–Crippen MR) is 103 cm³/mol. The Morgan fingerprint density at radius 3 is 2.67 bits per heavy atom. The summed E-state index contributed by atoms with van der Waals surface area (Å²) >= 11 is 1.40. The van der Waals surface area contributed by atoms with Crippen molar-refractivity contribution in [2.24, 2.45) is 0 Å². The highest BCUT2D eigenvalue weighted by molar-refractivity contribution is 7.22. The van der Waals surface area contributed by atoms with Gasteiger partial charge in [-0.05, 0) is 36.6 Å². The molecule has 4 rings (SSSR count). The molecule has 0 bridgehead atoms. The Balaban J connectivity index is 1.58. The maximum Gasteiger partial charge on any atom is 0.270 e. The number of nitrogens with zero attached hydrogens (tertiary/aromatic N) is 2. The molecule has 2 aromatic carbocycles. The third kappa shape index (κ3) is 3.63. The number of fused-ring (bicyclic) bond motifs is 1. The molecule has 27 heavy (non-hydrogen) atoms. The third-order valence-electron chi connectivity index (χ3n) is 5.07. The van der Waals surface area contributed by atoms with Gasteiger partial charge in [-0.15, -0.1) is 0 Å². The Morgan fingerprint density at radius 1 is 1.22 bits per heavy atom. The van der Waals surface area contributed by atoms with E-state index in [1.807, 2.05) is 12.1 Å². The highest BCUT2D eigenvalue weighted by Gasteiger charge is 2.34. The van der Waals surface area contributed by atoms with E-state index in [2.05, 4.69) is 10.3 Å². The van der Waals surface area contributed by atoms with Gasteiger partial charge in [0.05, 0.1) is 15.1 Å². The fraction of sp³-hybridized carbons (Fsp3) is 0.316. The summed E-state index contributed by atoms with van der Waals surface area (Å²) in [7, 11) is 0. The van der Waals surface area contributed by atoms with E-state index in [1.54, 1.807) is 12.1 Å². The van der Waals surface area contributed by atoms with Crippen LogP contribution < -0.4 is 5.32 Å². The molecule has 0 spiro atoms. The molecule has 140 valence electrons. The lowest BCUT2D eigenvalue weighted by molar-refractivity contribution is -0.384. The zero-order chi connectivity index (χ0) is 18.9. The number of anilines is 1.